The Balaban J connectivity index is 2.15. The van der Waals surface area contributed by atoms with Crippen LogP contribution in [0.1, 0.15) is 51.6 Å². The lowest BCUT2D eigenvalue weighted by Gasteiger charge is -2.43. The minimum atomic E-state index is -0.0966. The van der Waals surface area contributed by atoms with Crippen LogP contribution in [0.3, 0.4) is 0 Å². The summed E-state index contributed by atoms with van der Waals surface area (Å²) < 4.78 is 14.0. The van der Waals surface area contributed by atoms with E-state index in [1.54, 1.807) is 12.1 Å². The Labute approximate surface area is 128 Å². The maximum absolute atomic E-state index is 14.0. The van der Waals surface area contributed by atoms with Gasteiger partial charge in [0.05, 0.1) is 0 Å². The number of nitrogens with zero attached hydrogens (tertiary/aromatic N) is 1. The van der Waals surface area contributed by atoms with Gasteiger partial charge in [-0.05, 0) is 51.8 Å². The third-order valence-corrected chi connectivity index (χ3v) is 5.03. The molecule has 1 fully saturated rings. The number of nitrogens with one attached hydrogen (secondary N) is 1. The second-order valence-electron chi connectivity index (χ2n) is 6.51. The van der Waals surface area contributed by atoms with Crippen molar-refractivity contribution in [1.29, 1.82) is 0 Å². The van der Waals surface area contributed by atoms with Crippen LogP contribution in [0.5, 0.6) is 0 Å². The predicted octanol–water partition coefficient (Wildman–Crippen LogP) is 3.99. The number of likely N-dealkylation sites (N-methyl/N-ethyl adjacent to an activating group) is 2. The molecule has 3 heteroatoms. The van der Waals surface area contributed by atoms with Gasteiger partial charge in [0.15, 0.2) is 0 Å². The van der Waals surface area contributed by atoms with E-state index < -0.39 is 0 Å². The molecule has 2 rings (SSSR count). The molecule has 1 aliphatic carbocycles. The second-order valence-corrected chi connectivity index (χ2v) is 6.51. The Morgan fingerprint density at radius 2 is 2.05 bits per heavy atom. The number of halogens is 1. The van der Waals surface area contributed by atoms with E-state index in [1.807, 2.05) is 12.1 Å². The predicted molar refractivity (Wildman–Crippen MR) is 86.8 cm³/mol. The zero-order chi connectivity index (χ0) is 15.4. The van der Waals surface area contributed by atoms with Crippen molar-refractivity contribution in [2.75, 3.05) is 13.6 Å². The summed E-state index contributed by atoms with van der Waals surface area (Å²) in [5, 5.41) is 3.62. The number of hydrogen-bond acceptors (Lipinski definition) is 2. The Kier molecular flexibility index (Phi) is 5.77. The molecule has 1 aromatic rings. The average Bonchev–Trinajstić information content (AvgIpc) is 2.48. The summed E-state index contributed by atoms with van der Waals surface area (Å²) in [7, 11) is 2.14. The molecule has 0 heterocycles. The zero-order valence-corrected chi connectivity index (χ0v) is 13.8. The van der Waals surface area contributed by atoms with Crippen LogP contribution in [0.2, 0.25) is 0 Å². The van der Waals surface area contributed by atoms with Crippen LogP contribution in [-0.4, -0.2) is 30.6 Å². The minimum Gasteiger partial charge on any atom is -0.313 e. The molecule has 0 radical (unpaired) electrons. The van der Waals surface area contributed by atoms with Gasteiger partial charge in [0.1, 0.15) is 5.82 Å². The van der Waals surface area contributed by atoms with E-state index >= 15 is 0 Å². The first-order chi connectivity index (χ1) is 10.0. The first-order valence-corrected chi connectivity index (χ1v) is 8.24. The lowest BCUT2D eigenvalue weighted by molar-refractivity contribution is 0.0927. The van der Waals surface area contributed by atoms with Crippen molar-refractivity contribution in [3.8, 4) is 0 Å². The summed E-state index contributed by atoms with van der Waals surface area (Å²) in [5.74, 6) is 0.654. The van der Waals surface area contributed by atoms with Gasteiger partial charge in [0.25, 0.3) is 0 Å². The Morgan fingerprint density at radius 3 is 2.71 bits per heavy atom. The van der Waals surface area contributed by atoms with Gasteiger partial charge in [0.2, 0.25) is 0 Å². The first kappa shape index (κ1) is 16.4. The summed E-state index contributed by atoms with van der Waals surface area (Å²) in [6.45, 7) is 7.60. The average molecular weight is 292 g/mol. The largest absolute Gasteiger partial charge is 0.313 e. The Morgan fingerprint density at radius 1 is 1.33 bits per heavy atom. The van der Waals surface area contributed by atoms with Crippen LogP contribution in [0.4, 0.5) is 4.39 Å². The van der Waals surface area contributed by atoms with Crippen LogP contribution < -0.4 is 5.32 Å². The van der Waals surface area contributed by atoms with E-state index in [9.17, 15) is 4.39 Å². The topological polar surface area (TPSA) is 15.3 Å². The summed E-state index contributed by atoms with van der Waals surface area (Å²) >= 11 is 0. The molecule has 0 amide bonds. The van der Waals surface area contributed by atoms with E-state index in [4.69, 9.17) is 0 Å². The fourth-order valence-corrected chi connectivity index (χ4v) is 3.62. The summed E-state index contributed by atoms with van der Waals surface area (Å²) in [4.78, 5) is 2.36. The molecule has 0 saturated heterocycles. The maximum atomic E-state index is 14.0. The van der Waals surface area contributed by atoms with Gasteiger partial charge in [-0.1, -0.05) is 32.0 Å². The van der Waals surface area contributed by atoms with Crippen molar-refractivity contribution in [2.24, 2.45) is 5.92 Å². The molecule has 2 nitrogen and oxygen atoms in total. The molecule has 1 N–H and O–H groups in total. The van der Waals surface area contributed by atoms with E-state index in [0.29, 0.717) is 12.1 Å². The summed E-state index contributed by atoms with van der Waals surface area (Å²) in [6, 6.07) is 8.25. The fraction of sp³-hybridized carbons (Fsp3) is 0.667. The third kappa shape index (κ3) is 3.83. The first-order valence-electron chi connectivity index (χ1n) is 8.24. The second kappa shape index (κ2) is 7.37. The highest BCUT2D eigenvalue weighted by molar-refractivity contribution is 5.21. The van der Waals surface area contributed by atoms with Gasteiger partial charge in [-0.3, -0.25) is 4.90 Å². The van der Waals surface area contributed by atoms with Crippen molar-refractivity contribution in [3.05, 3.63) is 35.6 Å². The molecule has 21 heavy (non-hydrogen) atoms. The molecule has 0 bridgehead atoms. The highest BCUT2D eigenvalue weighted by atomic mass is 19.1. The van der Waals surface area contributed by atoms with Gasteiger partial charge >= 0.3 is 0 Å². The lowest BCUT2D eigenvalue weighted by atomic mass is 9.82. The normalized spacial score (nSPS) is 27.8. The molecule has 1 aliphatic rings. The monoisotopic (exact) mass is 292 g/mol. The van der Waals surface area contributed by atoms with Crippen LogP contribution in [0.25, 0.3) is 0 Å². The van der Waals surface area contributed by atoms with Gasteiger partial charge in [-0.25, -0.2) is 4.39 Å². The highest BCUT2D eigenvalue weighted by Crippen LogP contribution is 2.32. The summed E-state index contributed by atoms with van der Waals surface area (Å²) in [5.41, 5.74) is 0.800. The Bertz CT molecular complexity index is 449. The van der Waals surface area contributed by atoms with Gasteiger partial charge in [-0.15, -0.1) is 0 Å². The van der Waals surface area contributed by atoms with Crippen molar-refractivity contribution in [3.63, 3.8) is 0 Å². The van der Waals surface area contributed by atoms with Crippen LogP contribution >= 0.6 is 0 Å². The van der Waals surface area contributed by atoms with Gasteiger partial charge in [-0.2, -0.15) is 0 Å². The fourth-order valence-electron chi connectivity index (χ4n) is 3.62. The van der Waals surface area contributed by atoms with Gasteiger partial charge < -0.3 is 5.32 Å². The van der Waals surface area contributed by atoms with E-state index in [2.05, 4.69) is 38.0 Å². The SMILES string of the molecule is CCNC1CCC(C)CC1N(C)C(C)c1ccccc1F. The molecule has 0 aromatic heterocycles. The number of rotatable bonds is 5. The molecule has 0 spiro atoms. The Hall–Kier alpha value is -0.930. The van der Waals surface area contributed by atoms with Crippen molar-refractivity contribution in [1.82, 2.24) is 10.2 Å². The van der Waals surface area contributed by atoms with Gasteiger partial charge in [0, 0.05) is 23.7 Å². The van der Waals surface area contributed by atoms with E-state index in [-0.39, 0.29) is 11.9 Å². The van der Waals surface area contributed by atoms with Crippen LogP contribution in [0.15, 0.2) is 24.3 Å². The minimum absolute atomic E-state index is 0.0966. The molecular weight excluding hydrogens is 263 g/mol. The lowest BCUT2D eigenvalue weighted by Crippen LogP contribution is -2.52. The number of benzene rings is 1. The van der Waals surface area contributed by atoms with Crippen molar-refractivity contribution >= 4 is 0 Å². The molecule has 4 unspecified atom stereocenters. The number of hydrogen-bond donors (Lipinski definition) is 1. The van der Waals surface area contributed by atoms with Crippen LogP contribution in [0, 0.1) is 11.7 Å². The standard InChI is InChI=1S/C18H29FN2/c1-5-20-17-11-10-13(2)12-18(17)21(4)14(3)15-8-6-7-9-16(15)19/h6-9,13-14,17-18,20H,5,10-12H2,1-4H3. The van der Waals surface area contributed by atoms with E-state index in [0.717, 1.165) is 18.0 Å². The van der Waals surface area contributed by atoms with Crippen molar-refractivity contribution in [2.45, 2.75) is 58.2 Å². The highest BCUT2D eigenvalue weighted by Gasteiger charge is 2.33. The summed E-state index contributed by atoms with van der Waals surface area (Å²) in [6.07, 6.45) is 3.69. The molecule has 0 aliphatic heterocycles. The molecule has 1 saturated carbocycles. The third-order valence-electron chi connectivity index (χ3n) is 5.03. The molecule has 4 atom stereocenters. The smallest absolute Gasteiger partial charge is 0.127 e. The van der Waals surface area contributed by atoms with Crippen molar-refractivity contribution < 1.29 is 4.39 Å². The molecule has 118 valence electrons. The van der Waals surface area contributed by atoms with E-state index in [1.165, 1.54) is 19.3 Å². The maximum Gasteiger partial charge on any atom is 0.127 e. The quantitative estimate of drug-likeness (QED) is 0.883. The zero-order valence-electron chi connectivity index (χ0n) is 13.8. The molecule has 1 aromatic carbocycles. The van der Waals surface area contributed by atoms with Crippen LogP contribution in [-0.2, 0) is 0 Å². The molecular formula is C18H29FN2.